The molecule has 0 spiro atoms. The van der Waals surface area contributed by atoms with Crippen molar-refractivity contribution in [2.75, 3.05) is 6.61 Å². The Hall–Kier alpha value is -1.77. The Labute approximate surface area is 81.9 Å². The van der Waals surface area contributed by atoms with Crippen molar-refractivity contribution in [1.82, 2.24) is 0 Å². The standard InChI is InChI=1S/C11H10O3/c1-2-11(12)14-9-3-4-10-8(7-9)5-6-13-10/h2-4,7H,1,5-6H2. The zero-order valence-corrected chi connectivity index (χ0v) is 7.66. The van der Waals surface area contributed by atoms with E-state index in [9.17, 15) is 4.79 Å². The van der Waals surface area contributed by atoms with Crippen LogP contribution in [0, 0.1) is 0 Å². The number of ether oxygens (including phenoxy) is 2. The monoisotopic (exact) mass is 190 g/mol. The summed E-state index contributed by atoms with van der Waals surface area (Å²) in [5.74, 6) is 0.978. The van der Waals surface area contributed by atoms with E-state index in [4.69, 9.17) is 9.47 Å². The van der Waals surface area contributed by atoms with Crippen molar-refractivity contribution in [3.8, 4) is 11.5 Å². The lowest BCUT2D eigenvalue weighted by Crippen LogP contribution is -2.02. The Bertz CT molecular complexity index is 382. The second kappa shape index (κ2) is 3.54. The first kappa shape index (κ1) is 8.81. The van der Waals surface area contributed by atoms with Crippen molar-refractivity contribution in [2.24, 2.45) is 0 Å². The molecule has 0 aliphatic carbocycles. The molecule has 1 aliphatic heterocycles. The molecule has 1 aromatic rings. The van der Waals surface area contributed by atoms with Gasteiger partial charge in [0.05, 0.1) is 6.61 Å². The van der Waals surface area contributed by atoms with E-state index in [0.717, 1.165) is 23.8 Å². The molecule has 0 N–H and O–H groups in total. The van der Waals surface area contributed by atoms with Gasteiger partial charge in [0.15, 0.2) is 0 Å². The summed E-state index contributed by atoms with van der Waals surface area (Å²) in [6.45, 7) is 4.03. The number of rotatable bonds is 2. The highest BCUT2D eigenvalue weighted by Crippen LogP contribution is 2.28. The number of esters is 1. The fourth-order valence-electron chi connectivity index (χ4n) is 1.38. The van der Waals surface area contributed by atoms with Gasteiger partial charge >= 0.3 is 5.97 Å². The molecule has 0 fully saturated rings. The lowest BCUT2D eigenvalue weighted by Gasteiger charge is -2.03. The Balaban J connectivity index is 2.20. The van der Waals surface area contributed by atoms with Gasteiger partial charge in [-0.25, -0.2) is 4.79 Å². The van der Waals surface area contributed by atoms with Crippen LogP contribution in [0.4, 0.5) is 0 Å². The Morgan fingerprint density at radius 1 is 1.57 bits per heavy atom. The number of fused-ring (bicyclic) bond motifs is 1. The van der Waals surface area contributed by atoms with E-state index in [1.807, 2.05) is 12.1 Å². The molecule has 1 aromatic carbocycles. The lowest BCUT2D eigenvalue weighted by molar-refractivity contribution is -0.128. The van der Waals surface area contributed by atoms with Crippen LogP contribution in [-0.4, -0.2) is 12.6 Å². The molecule has 0 radical (unpaired) electrons. The first-order chi connectivity index (χ1) is 6.79. The third kappa shape index (κ3) is 1.62. The molecule has 2 rings (SSSR count). The van der Waals surface area contributed by atoms with Crippen LogP contribution in [0.1, 0.15) is 5.56 Å². The van der Waals surface area contributed by atoms with Crippen molar-refractivity contribution in [3.05, 3.63) is 36.4 Å². The quantitative estimate of drug-likeness (QED) is 0.404. The van der Waals surface area contributed by atoms with E-state index < -0.39 is 5.97 Å². The highest BCUT2D eigenvalue weighted by Gasteiger charge is 2.12. The fraction of sp³-hybridized carbons (Fsp3) is 0.182. The molecule has 72 valence electrons. The zero-order chi connectivity index (χ0) is 9.97. The zero-order valence-electron chi connectivity index (χ0n) is 7.66. The predicted molar refractivity (Wildman–Crippen MR) is 51.5 cm³/mol. The van der Waals surface area contributed by atoms with Crippen molar-refractivity contribution in [3.63, 3.8) is 0 Å². The minimum absolute atomic E-state index is 0.441. The van der Waals surface area contributed by atoms with Crippen LogP contribution in [0.25, 0.3) is 0 Å². The summed E-state index contributed by atoms with van der Waals surface area (Å²) >= 11 is 0. The van der Waals surface area contributed by atoms with Crippen molar-refractivity contribution in [2.45, 2.75) is 6.42 Å². The third-order valence-electron chi connectivity index (χ3n) is 2.05. The number of carbonyl (C=O) groups excluding carboxylic acids is 1. The number of carbonyl (C=O) groups is 1. The van der Waals surface area contributed by atoms with Gasteiger partial charge in [-0.05, 0) is 18.2 Å². The summed E-state index contributed by atoms with van der Waals surface area (Å²) in [5, 5.41) is 0. The molecule has 0 bridgehead atoms. The normalized spacial score (nSPS) is 12.9. The molecule has 3 heteroatoms. The molecule has 1 heterocycles. The fourth-order valence-corrected chi connectivity index (χ4v) is 1.38. The minimum Gasteiger partial charge on any atom is -0.493 e. The molecule has 0 atom stereocenters. The third-order valence-corrected chi connectivity index (χ3v) is 2.05. The van der Waals surface area contributed by atoms with Gasteiger partial charge in [0.2, 0.25) is 0 Å². The largest absolute Gasteiger partial charge is 0.493 e. The van der Waals surface area contributed by atoms with Crippen molar-refractivity contribution in [1.29, 1.82) is 0 Å². The summed E-state index contributed by atoms with van der Waals surface area (Å²) < 4.78 is 10.3. The topological polar surface area (TPSA) is 35.5 Å². The first-order valence-electron chi connectivity index (χ1n) is 4.39. The van der Waals surface area contributed by atoms with E-state index in [2.05, 4.69) is 6.58 Å². The van der Waals surface area contributed by atoms with Gasteiger partial charge in [-0.15, -0.1) is 0 Å². The first-order valence-corrected chi connectivity index (χ1v) is 4.39. The van der Waals surface area contributed by atoms with Gasteiger partial charge in [0, 0.05) is 18.1 Å². The maximum Gasteiger partial charge on any atom is 0.335 e. The van der Waals surface area contributed by atoms with Gasteiger partial charge in [-0.1, -0.05) is 6.58 Å². The summed E-state index contributed by atoms with van der Waals surface area (Å²) in [7, 11) is 0. The van der Waals surface area contributed by atoms with Crippen LogP contribution < -0.4 is 9.47 Å². The van der Waals surface area contributed by atoms with Crippen LogP contribution in [0.5, 0.6) is 11.5 Å². The Kier molecular flexibility index (Phi) is 2.23. The predicted octanol–water partition coefficient (Wildman–Crippen LogP) is 1.71. The van der Waals surface area contributed by atoms with E-state index in [1.165, 1.54) is 0 Å². The lowest BCUT2D eigenvalue weighted by atomic mass is 10.2. The SMILES string of the molecule is C=CC(=O)Oc1ccc2c(c1)CCO2. The minimum atomic E-state index is -0.441. The van der Waals surface area contributed by atoms with Crippen LogP contribution >= 0.6 is 0 Å². The second-order valence-corrected chi connectivity index (χ2v) is 2.99. The highest BCUT2D eigenvalue weighted by molar-refractivity contribution is 5.83. The number of hydrogen-bond acceptors (Lipinski definition) is 3. The molecule has 14 heavy (non-hydrogen) atoms. The summed E-state index contributed by atoms with van der Waals surface area (Å²) in [6, 6.07) is 5.35. The highest BCUT2D eigenvalue weighted by atomic mass is 16.5. The maximum atomic E-state index is 10.9. The number of benzene rings is 1. The van der Waals surface area contributed by atoms with Crippen LogP contribution in [0.2, 0.25) is 0 Å². The number of hydrogen-bond donors (Lipinski definition) is 0. The van der Waals surface area contributed by atoms with Crippen LogP contribution in [0.3, 0.4) is 0 Å². The molecule has 3 nitrogen and oxygen atoms in total. The average Bonchev–Trinajstić information content (AvgIpc) is 2.64. The van der Waals surface area contributed by atoms with E-state index in [-0.39, 0.29) is 0 Å². The van der Waals surface area contributed by atoms with Gasteiger partial charge < -0.3 is 9.47 Å². The molecular formula is C11H10O3. The van der Waals surface area contributed by atoms with Gasteiger partial charge in [0.1, 0.15) is 11.5 Å². The molecule has 0 aromatic heterocycles. The molecule has 0 saturated heterocycles. The maximum absolute atomic E-state index is 10.9. The summed E-state index contributed by atoms with van der Waals surface area (Å²) in [6.07, 6.45) is 2.01. The van der Waals surface area contributed by atoms with Crippen molar-refractivity contribution >= 4 is 5.97 Å². The smallest absolute Gasteiger partial charge is 0.335 e. The Morgan fingerprint density at radius 3 is 3.21 bits per heavy atom. The van der Waals surface area contributed by atoms with Gasteiger partial charge in [-0.2, -0.15) is 0 Å². The van der Waals surface area contributed by atoms with Crippen LogP contribution in [0.15, 0.2) is 30.9 Å². The molecular weight excluding hydrogens is 180 g/mol. The molecule has 0 saturated carbocycles. The molecule has 0 amide bonds. The summed E-state index contributed by atoms with van der Waals surface area (Å²) in [5.41, 5.74) is 1.08. The van der Waals surface area contributed by atoms with E-state index >= 15 is 0 Å². The van der Waals surface area contributed by atoms with Gasteiger partial charge in [0.25, 0.3) is 0 Å². The average molecular weight is 190 g/mol. The van der Waals surface area contributed by atoms with Crippen molar-refractivity contribution < 1.29 is 14.3 Å². The molecule has 0 unspecified atom stereocenters. The van der Waals surface area contributed by atoms with Crippen LogP contribution in [-0.2, 0) is 11.2 Å². The van der Waals surface area contributed by atoms with E-state index in [0.29, 0.717) is 12.4 Å². The van der Waals surface area contributed by atoms with Gasteiger partial charge in [-0.3, -0.25) is 0 Å². The molecule has 1 aliphatic rings. The summed E-state index contributed by atoms with van der Waals surface area (Å²) in [4.78, 5) is 10.9. The van der Waals surface area contributed by atoms with E-state index in [1.54, 1.807) is 6.07 Å². The Morgan fingerprint density at radius 2 is 2.43 bits per heavy atom. The second-order valence-electron chi connectivity index (χ2n) is 2.99.